The molecule has 5 heteroatoms. The Morgan fingerprint density at radius 2 is 1.78 bits per heavy atom. The molecule has 0 unspecified atom stereocenters. The Bertz CT molecular complexity index is 914. The summed E-state index contributed by atoms with van der Waals surface area (Å²) in [5.74, 6) is 1.09. The number of benzene rings is 2. The van der Waals surface area contributed by atoms with E-state index in [1.165, 1.54) is 17.3 Å². The minimum absolute atomic E-state index is 0.0368. The molecular weight excluding hydrogens is 354 g/mol. The Balaban J connectivity index is 1.66. The van der Waals surface area contributed by atoms with Gasteiger partial charge >= 0.3 is 0 Å². The van der Waals surface area contributed by atoms with Crippen LogP contribution in [0, 0.1) is 6.92 Å². The van der Waals surface area contributed by atoms with Crippen LogP contribution in [0.1, 0.15) is 37.6 Å². The van der Waals surface area contributed by atoms with Gasteiger partial charge in [-0.3, -0.25) is 4.79 Å². The van der Waals surface area contributed by atoms with Crippen LogP contribution in [0.3, 0.4) is 0 Å². The van der Waals surface area contributed by atoms with Crippen LogP contribution in [-0.2, 0) is 4.79 Å². The van der Waals surface area contributed by atoms with E-state index in [4.69, 9.17) is 0 Å². The molecule has 4 nitrogen and oxygen atoms in total. The van der Waals surface area contributed by atoms with E-state index in [2.05, 4.69) is 34.3 Å². The summed E-state index contributed by atoms with van der Waals surface area (Å²) in [5.41, 5.74) is 2.17. The highest BCUT2D eigenvalue weighted by Crippen LogP contribution is 2.28. The number of rotatable bonds is 7. The lowest BCUT2D eigenvalue weighted by molar-refractivity contribution is -0.120. The molecule has 0 aliphatic rings. The quantitative estimate of drug-likeness (QED) is 0.476. The van der Waals surface area contributed by atoms with Gasteiger partial charge in [0.05, 0.1) is 10.8 Å². The van der Waals surface area contributed by atoms with E-state index in [9.17, 15) is 4.79 Å². The highest BCUT2D eigenvalue weighted by atomic mass is 32.2. The second-order valence-corrected chi connectivity index (χ2v) is 7.94. The van der Waals surface area contributed by atoms with E-state index in [1.807, 2.05) is 56.3 Å². The van der Waals surface area contributed by atoms with Crippen molar-refractivity contribution in [2.45, 2.75) is 43.4 Å². The minimum Gasteiger partial charge on any atom is -0.355 e. The van der Waals surface area contributed by atoms with Gasteiger partial charge in [0.1, 0.15) is 10.9 Å². The standard InChI is InChI=1S/C22H25N3OS/c1-4-17(18-10-6-5-7-11-18)14-23-21(26)15(2)27-22-19-12-8-9-13-20(19)24-16(3)25-22/h5-13,15,17H,4,14H2,1-3H3,(H,23,26)/t15-,17-/m1/s1. The fraction of sp³-hybridized carbons (Fsp3) is 0.318. The third-order valence-corrected chi connectivity index (χ3v) is 5.73. The van der Waals surface area contributed by atoms with Crippen molar-refractivity contribution in [2.24, 2.45) is 0 Å². The first kappa shape index (κ1) is 19.4. The number of hydrogen-bond acceptors (Lipinski definition) is 4. The summed E-state index contributed by atoms with van der Waals surface area (Å²) in [7, 11) is 0. The molecule has 0 saturated carbocycles. The van der Waals surface area contributed by atoms with Gasteiger partial charge in [-0.1, -0.05) is 67.2 Å². The Kier molecular flexibility index (Phi) is 6.45. The normalized spacial score (nSPS) is 13.3. The number of aromatic nitrogens is 2. The van der Waals surface area contributed by atoms with Gasteiger partial charge in [-0.25, -0.2) is 9.97 Å². The Morgan fingerprint density at radius 3 is 2.52 bits per heavy atom. The van der Waals surface area contributed by atoms with E-state index < -0.39 is 0 Å². The van der Waals surface area contributed by atoms with Gasteiger partial charge in [-0.2, -0.15) is 0 Å². The summed E-state index contributed by atoms with van der Waals surface area (Å²) in [6.45, 7) is 6.61. The van der Waals surface area contributed by atoms with Crippen molar-refractivity contribution in [1.29, 1.82) is 0 Å². The Labute approximate surface area is 164 Å². The van der Waals surface area contributed by atoms with E-state index in [0.717, 1.165) is 28.2 Å². The monoisotopic (exact) mass is 379 g/mol. The topological polar surface area (TPSA) is 54.9 Å². The lowest BCUT2D eigenvalue weighted by atomic mass is 9.96. The summed E-state index contributed by atoms with van der Waals surface area (Å²) in [6, 6.07) is 18.3. The molecule has 0 aliphatic heterocycles. The maximum Gasteiger partial charge on any atom is 0.233 e. The summed E-state index contributed by atoms with van der Waals surface area (Å²) < 4.78 is 0. The third-order valence-electron chi connectivity index (χ3n) is 4.62. The Hall–Kier alpha value is -2.40. The number of thioether (sulfide) groups is 1. The lowest BCUT2D eigenvalue weighted by Gasteiger charge is -2.18. The van der Waals surface area contributed by atoms with E-state index >= 15 is 0 Å². The van der Waals surface area contributed by atoms with E-state index in [0.29, 0.717) is 12.5 Å². The molecule has 1 N–H and O–H groups in total. The largest absolute Gasteiger partial charge is 0.355 e. The van der Waals surface area contributed by atoms with E-state index in [1.54, 1.807) is 0 Å². The predicted octanol–water partition coefficient (Wildman–Crippen LogP) is 4.73. The summed E-state index contributed by atoms with van der Waals surface area (Å²) >= 11 is 1.49. The summed E-state index contributed by atoms with van der Waals surface area (Å²) in [4.78, 5) is 21.7. The van der Waals surface area contributed by atoms with Gasteiger partial charge < -0.3 is 5.32 Å². The zero-order valence-corrected chi connectivity index (χ0v) is 16.8. The SMILES string of the molecule is CC[C@H](CNC(=O)[C@@H](C)Sc1nc(C)nc2ccccc12)c1ccccc1. The van der Waals surface area contributed by atoms with Crippen LogP contribution in [0.2, 0.25) is 0 Å². The molecule has 0 fully saturated rings. The highest BCUT2D eigenvalue weighted by Gasteiger charge is 2.19. The fourth-order valence-electron chi connectivity index (χ4n) is 3.06. The molecular formula is C22H25N3OS. The first-order chi connectivity index (χ1) is 13.1. The zero-order valence-electron chi connectivity index (χ0n) is 16.0. The molecule has 0 spiro atoms. The van der Waals surface area contributed by atoms with Gasteiger partial charge in [0, 0.05) is 17.8 Å². The maximum absolute atomic E-state index is 12.6. The van der Waals surface area contributed by atoms with Gasteiger partial charge in [0.15, 0.2) is 0 Å². The van der Waals surface area contributed by atoms with Crippen molar-refractivity contribution >= 4 is 28.6 Å². The predicted molar refractivity (Wildman–Crippen MR) is 112 cm³/mol. The number of amides is 1. The average molecular weight is 380 g/mol. The lowest BCUT2D eigenvalue weighted by Crippen LogP contribution is -2.34. The number of nitrogens with one attached hydrogen (secondary N) is 1. The van der Waals surface area contributed by atoms with Crippen LogP contribution in [0.4, 0.5) is 0 Å². The van der Waals surface area contributed by atoms with Crippen LogP contribution < -0.4 is 5.32 Å². The van der Waals surface area contributed by atoms with Crippen LogP contribution in [-0.4, -0.2) is 27.7 Å². The molecule has 1 aromatic heterocycles. The molecule has 1 heterocycles. The van der Waals surface area contributed by atoms with Gasteiger partial charge in [0.25, 0.3) is 0 Å². The van der Waals surface area contributed by atoms with Gasteiger partial charge in [-0.15, -0.1) is 0 Å². The molecule has 140 valence electrons. The van der Waals surface area contributed by atoms with Crippen LogP contribution in [0.25, 0.3) is 10.9 Å². The molecule has 27 heavy (non-hydrogen) atoms. The number of hydrogen-bond donors (Lipinski definition) is 1. The Morgan fingerprint density at radius 1 is 1.07 bits per heavy atom. The highest BCUT2D eigenvalue weighted by molar-refractivity contribution is 8.00. The number of nitrogens with zero attached hydrogens (tertiary/aromatic N) is 2. The van der Waals surface area contributed by atoms with Crippen molar-refractivity contribution in [3.05, 3.63) is 66.0 Å². The molecule has 2 atom stereocenters. The van der Waals surface area contributed by atoms with Gasteiger partial charge in [-0.05, 0) is 31.9 Å². The molecule has 2 aromatic carbocycles. The number of carbonyl (C=O) groups excluding carboxylic acids is 1. The molecule has 0 bridgehead atoms. The first-order valence-electron chi connectivity index (χ1n) is 9.31. The van der Waals surface area contributed by atoms with Crippen molar-refractivity contribution in [3.63, 3.8) is 0 Å². The van der Waals surface area contributed by atoms with E-state index in [-0.39, 0.29) is 11.2 Å². The molecule has 0 saturated heterocycles. The van der Waals surface area contributed by atoms with Gasteiger partial charge in [0.2, 0.25) is 5.91 Å². The summed E-state index contributed by atoms with van der Waals surface area (Å²) in [6.07, 6.45) is 0.988. The summed E-state index contributed by atoms with van der Waals surface area (Å²) in [5, 5.41) is 4.73. The number of para-hydroxylation sites is 1. The minimum atomic E-state index is -0.226. The van der Waals surface area contributed by atoms with Crippen LogP contribution >= 0.6 is 11.8 Å². The second kappa shape index (κ2) is 9.00. The second-order valence-electron chi connectivity index (χ2n) is 6.61. The molecule has 0 radical (unpaired) electrons. The van der Waals surface area contributed by atoms with Crippen molar-refractivity contribution in [2.75, 3.05) is 6.54 Å². The zero-order chi connectivity index (χ0) is 19.2. The maximum atomic E-state index is 12.6. The number of aryl methyl sites for hydroxylation is 1. The van der Waals surface area contributed by atoms with Crippen LogP contribution in [0.5, 0.6) is 0 Å². The average Bonchev–Trinajstić information content (AvgIpc) is 2.69. The van der Waals surface area contributed by atoms with Crippen molar-refractivity contribution < 1.29 is 4.79 Å². The number of carbonyl (C=O) groups is 1. The van der Waals surface area contributed by atoms with Crippen LogP contribution in [0.15, 0.2) is 59.6 Å². The molecule has 3 rings (SSSR count). The third kappa shape index (κ3) is 4.86. The number of fused-ring (bicyclic) bond motifs is 1. The molecule has 3 aromatic rings. The fourth-order valence-corrected chi connectivity index (χ4v) is 4.07. The first-order valence-corrected chi connectivity index (χ1v) is 10.2. The molecule has 1 amide bonds. The molecule has 0 aliphatic carbocycles. The van der Waals surface area contributed by atoms with Crippen molar-refractivity contribution in [3.8, 4) is 0 Å². The smallest absolute Gasteiger partial charge is 0.233 e. The van der Waals surface area contributed by atoms with Crippen molar-refractivity contribution in [1.82, 2.24) is 15.3 Å².